The third-order valence-corrected chi connectivity index (χ3v) is 5.31. The van der Waals surface area contributed by atoms with Crippen LogP contribution in [0.3, 0.4) is 0 Å². The minimum absolute atomic E-state index is 0.0724. The van der Waals surface area contributed by atoms with Crippen molar-refractivity contribution < 1.29 is 9.21 Å². The summed E-state index contributed by atoms with van der Waals surface area (Å²) < 4.78 is 5.39. The summed E-state index contributed by atoms with van der Waals surface area (Å²) in [6.45, 7) is 6.42. The van der Waals surface area contributed by atoms with Crippen LogP contribution in [0.1, 0.15) is 35.9 Å². The molecule has 0 radical (unpaired) electrons. The van der Waals surface area contributed by atoms with Gasteiger partial charge in [0.2, 0.25) is 0 Å². The zero-order chi connectivity index (χ0) is 15.3. The third kappa shape index (κ3) is 2.11. The summed E-state index contributed by atoms with van der Waals surface area (Å²) in [4.78, 5) is 19.5. The van der Waals surface area contributed by atoms with Gasteiger partial charge in [-0.15, -0.1) is 0 Å². The van der Waals surface area contributed by atoms with Gasteiger partial charge in [-0.3, -0.25) is 9.69 Å². The standard InChI is InChI=1S/C17H21N3O2/c1-10-16-13(5-8-22-16)9-14(18-10)17(21)19-15-11(2)20-6-3-12(15)4-7-20/h5,8-9,11-12,15H,3-4,6-7H2,1-2H3,(H,19,21)/t11-,15+/m1/s1. The molecular weight excluding hydrogens is 278 g/mol. The Kier molecular flexibility index (Phi) is 3.18. The summed E-state index contributed by atoms with van der Waals surface area (Å²) in [7, 11) is 0. The van der Waals surface area contributed by atoms with Crippen LogP contribution in [0, 0.1) is 12.8 Å². The van der Waals surface area contributed by atoms with Gasteiger partial charge in [0.15, 0.2) is 5.58 Å². The molecule has 1 amide bonds. The van der Waals surface area contributed by atoms with Crippen molar-refractivity contribution in [3.63, 3.8) is 0 Å². The zero-order valence-electron chi connectivity index (χ0n) is 13.0. The molecule has 0 aromatic carbocycles. The topological polar surface area (TPSA) is 58.4 Å². The minimum atomic E-state index is -0.0724. The normalized spacial score (nSPS) is 30.6. The van der Waals surface area contributed by atoms with Crippen molar-refractivity contribution in [2.45, 2.75) is 38.8 Å². The van der Waals surface area contributed by atoms with E-state index in [9.17, 15) is 4.79 Å². The molecule has 2 bridgehead atoms. The van der Waals surface area contributed by atoms with E-state index in [0.717, 1.165) is 29.8 Å². The second-order valence-corrected chi connectivity index (χ2v) is 6.55. The highest BCUT2D eigenvalue weighted by atomic mass is 16.3. The highest BCUT2D eigenvalue weighted by Crippen LogP contribution is 2.32. The number of nitrogens with one attached hydrogen (secondary N) is 1. The van der Waals surface area contributed by atoms with Crippen LogP contribution in [0.15, 0.2) is 22.8 Å². The molecule has 5 nitrogen and oxygen atoms in total. The summed E-state index contributed by atoms with van der Waals surface area (Å²) >= 11 is 0. The molecule has 5 heteroatoms. The molecule has 3 aliphatic heterocycles. The molecule has 2 atom stereocenters. The number of fused-ring (bicyclic) bond motifs is 4. The molecule has 0 aliphatic carbocycles. The Labute approximate surface area is 129 Å². The molecule has 2 aromatic heterocycles. The van der Waals surface area contributed by atoms with Crippen LogP contribution >= 0.6 is 0 Å². The van der Waals surface area contributed by atoms with Gasteiger partial charge >= 0.3 is 0 Å². The van der Waals surface area contributed by atoms with Crippen LogP contribution in [-0.2, 0) is 0 Å². The molecule has 3 saturated heterocycles. The maximum absolute atomic E-state index is 12.6. The lowest BCUT2D eigenvalue weighted by Gasteiger charge is -2.49. The number of rotatable bonds is 2. The Morgan fingerprint density at radius 2 is 2.18 bits per heavy atom. The van der Waals surface area contributed by atoms with Gasteiger partial charge in [-0.25, -0.2) is 4.98 Å². The third-order valence-electron chi connectivity index (χ3n) is 5.31. The molecule has 0 saturated carbocycles. The fraction of sp³-hybridized carbons (Fsp3) is 0.529. The first-order valence-corrected chi connectivity index (χ1v) is 8.03. The van der Waals surface area contributed by atoms with E-state index in [4.69, 9.17) is 4.42 Å². The van der Waals surface area contributed by atoms with Crippen molar-refractivity contribution in [3.8, 4) is 0 Å². The van der Waals surface area contributed by atoms with Gasteiger partial charge in [0.25, 0.3) is 5.91 Å². The van der Waals surface area contributed by atoms with E-state index in [1.165, 1.54) is 12.8 Å². The van der Waals surface area contributed by atoms with Crippen molar-refractivity contribution in [2.24, 2.45) is 5.92 Å². The van der Waals surface area contributed by atoms with Crippen LogP contribution in [0.25, 0.3) is 11.0 Å². The van der Waals surface area contributed by atoms with Crippen LogP contribution in [0.2, 0.25) is 0 Å². The molecule has 3 aliphatic rings. The Morgan fingerprint density at radius 1 is 1.41 bits per heavy atom. The number of hydrogen-bond acceptors (Lipinski definition) is 4. The molecule has 2 aromatic rings. The minimum Gasteiger partial charge on any atom is -0.462 e. The number of piperidine rings is 3. The summed E-state index contributed by atoms with van der Waals surface area (Å²) in [6.07, 6.45) is 4.00. The number of pyridine rings is 1. The Bertz CT molecular complexity index is 714. The van der Waals surface area contributed by atoms with E-state index in [2.05, 4.69) is 22.1 Å². The number of amides is 1. The molecule has 5 rings (SSSR count). The zero-order valence-corrected chi connectivity index (χ0v) is 13.0. The van der Waals surface area contributed by atoms with E-state index in [1.807, 2.05) is 19.1 Å². The smallest absolute Gasteiger partial charge is 0.270 e. The Balaban J connectivity index is 1.58. The summed E-state index contributed by atoms with van der Waals surface area (Å²) in [6, 6.07) is 4.33. The number of carbonyl (C=O) groups excluding carboxylic acids is 1. The van der Waals surface area contributed by atoms with E-state index in [1.54, 1.807) is 6.26 Å². The van der Waals surface area contributed by atoms with Crippen molar-refractivity contribution in [3.05, 3.63) is 29.8 Å². The van der Waals surface area contributed by atoms with Gasteiger partial charge in [0.1, 0.15) is 5.69 Å². The lowest BCUT2D eigenvalue weighted by molar-refractivity contribution is 0.0216. The van der Waals surface area contributed by atoms with Gasteiger partial charge in [-0.1, -0.05) is 0 Å². The van der Waals surface area contributed by atoms with Gasteiger partial charge in [0.05, 0.1) is 12.0 Å². The van der Waals surface area contributed by atoms with Crippen molar-refractivity contribution in [2.75, 3.05) is 13.1 Å². The molecule has 5 heterocycles. The summed E-state index contributed by atoms with van der Waals surface area (Å²) in [5.74, 6) is 0.527. The predicted octanol–water partition coefficient (Wildman–Crippen LogP) is 2.35. The first-order valence-electron chi connectivity index (χ1n) is 8.03. The van der Waals surface area contributed by atoms with E-state index in [0.29, 0.717) is 17.7 Å². The second kappa shape index (κ2) is 5.09. The predicted molar refractivity (Wildman–Crippen MR) is 83.8 cm³/mol. The van der Waals surface area contributed by atoms with Crippen LogP contribution in [0.4, 0.5) is 0 Å². The quantitative estimate of drug-likeness (QED) is 0.925. The van der Waals surface area contributed by atoms with Crippen LogP contribution < -0.4 is 5.32 Å². The molecule has 0 unspecified atom stereocenters. The largest absolute Gasteiger partial charge is 0.462 e. The SMILES string of the molecule is Cc1nc(C(=O)N[C@@H]2C3CCN(CC3)[C@@H]2C)cc2ccoc12. The van der Waals surface area contributed by atoms with E-state index >= 15 is 0 Å². The highest BCUT2D eigenvalue weighted by Gasteiger charge is 2.40. The van der Waals surface area contributed by atoms with E-state index < -0.39 is 0 Å². The van der Waals surface area contributed by atoms with Crippen molar-refractivity contribution in [1.29, 1.82) is 0 Å². The average Bonchev–Trinajstić information content (AvgIpc) is 3.00. The Morgan fingerprint density at radius 3 is 2.91 bits per heavy atom. The molecular formula is C17H21N3O2. The molecule has 116 valence electrons. The monoisotopic (exact) mass is 299 g/mol. The average molecular weight is 299 g/mol. The maximum Gasteiger partial charge on any atom is 0.270 e. The molecule has 22 heavy (non-hydrogen) atoms. The van der Waals surface area contributed by atoms with E-state index in [-0.39, 0.29) is 11.9 Å². The fourth-order valence-corrected chi connectivity index (χ4v) is 4.02. The number of aromatic nitrogens is 1. The molecule has 0 spiro atoms. The first-order chi connectivity index (χ1) is 10.6. The lowest BCUT2D eigenvalue weighted by atomic mass is 9.79. The summed E-state index contributed by atoms with van der Waals surface area (Å²) in [5.41, 5.74) is 2.00. The number of aryl methyl sites for hydroxylation is 1. The fourth-order valence-electron chi connectivity index (χ4n) is 4.02. The number of nitrogens with zero attached hydrogens (tertiary/aromatic N) is 2. The van der Waals surface area contributed by atoms with Gasteiger partial charge in [-0.2, -0.15) is 0 Å². The lowest BCUT2D eigenvalue weighted by Crippen LogP contribution is -2.62. The van der Waals surface area contributed by atoms with Crippen molar-refractivity contribution >= 4 is 16.9 Å². The van der Waals surface area contributed by atoms with Crippen LogP contribution in [-0.4, -0.2) is 41.0 Å². The van der Waals surface area contributed by atoms with Crippen molar-refractivity contribution in [1.82, 2.24) is 15.2 Å². The second-order valence-electron chi connectivity index (χ2n) is 6.55. The number of furan rings is 1. The highest BCUT2D eigenvalue weighted by molar-refractivity contribution is 5.96. The molecule has 3 fully saturated rings. The number of hydrogen-bond donors (Lipinski definition) is 1. The molecule has 1 N–H and O–H groups in total. The maximum atomic E-state index is 12.6. The number of carbonyl (C=O) groups is 1. The van der Waals surface area contributed by atoms with Crippen LogP contribution in [0.5, 0.6) is 0 Å². The summed E-state index contributed by atoms with van der Waals surface area (Å²) in [5, 5.41) is 4.16. The Hall–Kier alpha value is -1.88. The first kappa shape index (κ1) is 13.8. The van der Waals surface area contributed by atoms with Gasteiger partial charge in [-0.05, 0) is 57.8 Å². The van der Waals surface area contributed by atoms with Gasteiger partial charge < -0.3 is 9.73 Å². The van der Waals surface area contributed by atoms with Gasteiger partial charge in [0, 0.05) is 17.5 Å².